The summed E-state index contributed by atoms with van der Waals surface area (Å²) in [7, 11) is 1.79. The topological polar surface area (TPSA) is 45.2 Å². The minimum atomic E-state index is -4.52. The van der Waals surface area contributed by atoms with E-state index in [9.17, 15) is 18.0 Å². The average Bonchev–Trinajstić information content (AvgIpc) is 2.85. The first-order chi connectivity index (χ1) is 9.32. The molecule has 2 heterocycles. The summed E-state index contributed by atoms with van der Waals surface area (Å²) in [5.74, 6) is -0.443. The van der Waals surface area contributed by atoms with Crippen molar-refractivity contribution in [2.75, 3.05) is 20.1 Å². The molecule has 1 amide bonds. The summed E-state index contributed by atoms with van der Waals surface area (Å²) in [6.45, 7) is 1.03. The lowest BCUT2D eigenvalue weighted by molar-refractivity contribution is -0.137. The molecule has 0 spiro atoms. The summed E-state index contributed by atoms with van der Waals surface area (Å²) in [6.07, 6.45) is -3.10. The second kappa shape index (κ2) is 5.57. The van der Waals surface area contributed by atoms with Crippen LogP contribution in [0.5, 0.6) is 0 Å². The van der Waals surface area contributed by atoms with E-state index in [0.717, 1.165) is 12.5 Å². The Hall–Kier alpha value is -1.34. The van der Waals surface area contributed by atoms with Crippen molar-refractivity contribution in [2.24, 2.45) is 0 Å². The second-order valence-corrected chi connectivity index (χ2v) is 4.98. The summed E-state index contributed by atoms with van der Waals surface area (Å²) in [6, 6.07) is 0.917. The van der Waals surface area contributed by atoms with Gasteiger partial charge < -0.3 is 10.2 Å². The maximum atomic E-state index is 12.5. The van der Waals surface area contributed by atoms with E-state index in [1.54, 1.807) is 7.05 Å². The molecule has 20 heavy (non-hydrogen) atoms. The van der Waals surface area contributed by atoms with Crippen LogP contribution < -0.4 is 5.32 Å². The van der Waals surface area contributed by atoms with Crippen LogP contribution in [0, 0.1) is 0 Å². The zero-order chi connectivity index (χ0) is 14.9. The predicted octanol–water partition coefficient (Wildman–Crippen LogP) is 2.19. The van der Waals surface area contributed by atoms with Gasteiger partial charge in [0.15, 0.2) is 0 Å². The first-order valence-corrected chi connectivity index (χ1v) is 6.40. The molecule has 0 radical (unpaired) electrons. The van der Waals surface area contributed by atoms with Gasteiger partial charge in [0.2, 0.25) is 0 Å². The van der Waals surface area contributed by atoms with E-state index in [0.29, 0.717) is 19.3 Å². The van der Waals surface area contributed by atoms with Crippen molar-refractivity contribution in [3.8, 4) is 0 Å². The number of rotatable bonds is 2. The Balaban J connectivity index is 2.19. The summed E-state index contributed by atoms with van der Waals surface area (Å²) in [4.78, 5) is 17.3. The lowest BCUT2D eigenvalue weighted by Gasteiger charge is -2.17. The number of aromatic nitrogens is 1. The van der Waals surface area contributed by atoms with Crippen molar-refractivity contribution in [3.05, 3.63) is 28.5 Å². The maximum Gasteiger partial charge on any atom is 0.417 e. The fourth-order valence-corrected chi connectivity index (χ4v) is 2.33. The summed E-state index contributed by atoms with van der Waals surface area (Å²) >= 11 is 5.75. The highest BCUT2D eigenvalue weighted by Crippen LogP contribution is 2.31. The molecule has 4 nitrogen and oxygen atoms in total. The van der Waals surface area contributed by atoms with Gasteiger partial charge >= 0.3 is 6.18 Å². The van der Waals surface area contributed by atoms with Crippen molar-refractivity contribution in [1.82, 2.24) is 15.2 Å². The number of likely N-dealkylation sites (N-methyl/N-ethyl adjacent to an activating group) is 1. The number of nitrogens with one attached hydrogen (secondary N) is 1. The van der Waals surface area contributed by atoms with Crippen LogP contribution in [0.4, 0.5) is 13.2 Å². The average molecular weight is 308 g/mol. The Labute approximate surface area is 118 Å². The van der Waals surface area contributed by atoms with Gasteiger partial charge in [-0.1, -0.05) is 11.6 Å². The fourth-order valence-electron chi connectivity index (χ4n) is 2.08. The van der Waals surface area contributed by atoms with Gasteiger partial charge in [0, 0.05) is 25.3 Å². The number of nitrogens with zero attached hydrogens (tertiary/aromatic N) is 2. The number of amides is 1. The number of carbonyl (C=O) groups excluding carboxylic acids is 1. The largest absolute Gasteiger partial charge is 0.417 e. The van der Waals surface area contributed by atoms with Gasteiger partial charge in [-0.05, 0) is 19.5 Å². The standard InChI is InChI=1S/C12H13ClF3N3O/c1-17-8-2-3-19(6-8)11(20)10-9(13)4-7(5-18-10)12(14,15)16/h4-5,8,17H,2-3,6H2,1H3. The summed E-state index contributed by atoms with van der Waals surface area (Å²) in [5.41, 5.74) is -1.11. The number of hydrogen-bond donors (Lipinski definition) is 1. The molecule has 1 fully saturated rings. The van der Waals surface area contributed by atoms with Crippen molar-refractivity contribution in [3.63, 3.8) is 0 Å². The number of pyridine rings is 1. The van der Waals surface area contributed by atoms with E-state index in [1.807, 2.05) is 0 Å². The van der Waals surface area contributed by atoms with Gasteiger partial charge in [-0.2, -0.15) is 13.2 Å². The number of carbonyl (C=O) groups is 1. The van der Waals surface area contributed by atoms with Crippen LogP contribution in [0.3, 0.4) is 0 Å². The number of alkyl halides is 3. The molecule has 0 saturated carbocycles. The van der Waals surface area contributed by atoms with Crippen LogP contribution in [0.25, 0.3) is 0 Å². The van der Waals surface area contributed by atoms with Gasteiger partial charge in [-0.25, -0.2) is 4.98 Å². The van der Waals surface area contributed by atoms with Crippen LogP contribution in [-0.2, 0) is 6.18 Å². The molecule has 1 aliphatic rings. The lowest BCUT2D eigenvalue weighted by atomic mass is 10.2. The minimum Gasteiger partial charge on any atom is -0.336 e. The third kappa shape index (κ3) is 3.04. The molecule has 0 aromatic carbocycles. The van der Waals surface area contributed by atoms with Crippen LogP contribution in [0.1, 0.15) is 22.5 Å². The Kier molecular flexibility index (Phi) is 4.19. The fraction of sp³-hybridized carbons (Fsp3) is 0.500. The molecule has 1 aromatic heterocycles. The summed E-state index contributed by atoms with van der Waals surface area (Å²) < 4.78 is 37.5. The van der Waals surface area contributed by atoms with Crippen LogP contribution >= 0.6 is 11.6 Å². The number of hydrogen-bond acceptors (Lipinski definition) is 3. The molecular weight excluding hydrogens is 295 g/mol. The van der Waals surface area contributed by atoms with E-state index >= 15 is 0 Å². The highest BCUT2D eigenvalue weighted by molar-refractivity contribution is 6.33. The highest BCUT2D eigenvalue weighted by atomic mass is 35.5. The first kappa shape index (κ1) is 15.1. The minimum absolute atomic E-state index is 0.142. The molecule has 0 aliphatic carbocycles. The first-order valence-electron chi connectivity index (χ1n) is 6.02. The van der Waals surface area contributed by atoms with E-state index in [1.165, 1.54) is 4.90 Å². The normalized spacial score (nSPS) is 19.4. The molecule has 1 atom stereocenters. The summed E-state index contributed by atoms with van der Waals surface area (Å²) in [5, 5.41) is 2.77. The Bertz CT molecular complexity index is 521. The molecule has 8 heteroatoms. The van der Waals surface area contributed by atoms with Gasteiger partial charge in [-0.3, -0.25) is 4.79 Å². The maximum absolute atomic E-state index is 12.5. The zero-order valence-corrected chi connectivity index (χ0v) is 11.4. The second-order valence-electron chi connectivity index (χ2n) is 4.58. The molecule has 110 valence electrons. The number of halogens is 4. The van der Waals surface area contributed by atoms with Crippen molar-refractivity contribution in [1.29, 1.82) is 0 Å². The van der Waals surface area contributed by atoms with E-state index in [2.05, 4.69) is 10.3 Å². The molecule has 1 saturated heterocycles. The van der Waals surface area contributed by atoms with Crippen molar-refractivity contribution in [2.45, 2.75) is 18.6 Å². The van der Waals surface area contributed by atoms with E-state index in [4.69, 9.17) is 11.6 Å². The Morgan fingerprint density at radius 3 is 2.75 bits per heavy atom. The Morgan fingerprint density at radius 2 is 2.25 bits per heavy atom. The van der Waals surface area contributed by atoms with Crippen LogP contribution in [0.15, 0.2) is 12.3 Å². The third-order valence-corrected chi connectivity index (χ3v) is 3.54. The van der Waals surface area contributed by atoms with Gasteiger partial charge in [0.1, 0.15) is 5.69 Å². The SMILES string of the molecule is CNC1CCN(C(=O)c2ncc(C(F)(F)F)cc2Cl)C1. The lowest BCUT2D eigenvalue weighted by Crippen LogP contribution is -2.34. The third-order valence-electron chi connectivity index (χ3n) is 3.25. The molecule has 1 N–H and O–H groups in total. The molecule has 1 aromatic rings. The molecule has 0 bridgehead atoms. The molecule has 1 unspecified atom stereocenters. The quantitative estimate of drug-likeness (QED) is 0.911. The van der Waals surface area contributed by atoms with Crippen molar-refractivity contribution >= 4 is 17.5 Å². The van der Waals surface area contributed by atoms with Gasteiger partial charge in [0.25, 0.3) is 5.91 Å². The van der Waals surface area contributed by atoms with E-state index < -0.39 is 17.6 Å². The Morgan fingerprint density at radius 1 is 1.55 bits per heavy atom. The smallest absolute Gasteiger partial charge is 0.336 e. The van der Waals surface area contributed by atoms with Crippen LogP contribution in [-0.4, -0.2) is 42.0 Å². The van der Waals surface area contributed by atoms with Crippen molar-refractivity contribution < 1.29 is 18.0 Å². The van der Waals surface area contributed by atoms with E-state index in [-0.39, 0.29) is 16.8 Å². The molecule has 1 aliphatic heterocycles. The van der Waals surface area contributed by atoms with Crippen LogP contribution in [0.2, 0.25) is 5.02 Å². The monoisotopic (exact) mass is 307 g/mol. The number of likely N-dealkylation sites (tertiary alicyclic amines) is 1. The van der Waals surface area contributed by atoms with Gasteiger partial charge in [-0.15, -0.1) is 0 Å². The van der Waals surface area contributed by atoms with Gasteiger partial charge in [0.05, 0.1) is 10.6 Å². The molecule has 2 rings (SSSR count). The predicted molar refractivity (Wildman–Crippen MR) is 67.6 cm³/mol. The molecular formula is C12H13ClF3N3O. The highest BCUT2D eigenvalue weighted by Gasteiger charge is 2.33. The zero-order valence-electron chi connectivity index (χ0n) is 10.7.